The molecule has 0 fully saturated rings. The van der Waals surface area contributed by atoms with Crippen LogP contribution in [-0.2, 0) is 14.3 Å². The van der Waals surface area contributed by atoms with Crippen molar-refractivity contribution >= 4 is 28.5 Å². The van der Waals surface area contributed by atoms with Crippen molar-refractivity contribution < 1.29 is 19.1 Å². The SMILES string of the molecule is CCOC(=O)c1c(N(C)CC(=O)OC)c2ccc(C)cc2[nH]c1=O. The molecule has 128 valence electrons. The van der Waals surface area contributed by atoms with Gasteiger partial charge in [-0.15, -0.1) is 0 Å². The summed E-state index contributed by atoms with van der Waals surface area (Å²) in [6.45, 7) is 3.60. The summed E-state index contributed by atoms with van der Waals surface area (Å²) >= 11 is 0. The second kappa shape index (κ2) is 7.16. The highest BCUT2D eigenvalue weighted by Gasteiger charge is 2.24. The first kappa shape index (κ1) is 17.5. The number of anilines is 1. The van der Waals surface area contributed by atoms with Gasteiger partial charge in [-0.1, -0.05) is 12.1 Å². The number of H-pyrrole nitrogens is 1. The first-order chi connectivity index (χ1) is 11.4. The van der Waals surface area contributed by atoms with Gasteiger partial charge in [0.2, 0.25) is 0 Å². The minimum Gasteiger partial charge on any atom is -0.468 e. The standard InChI is InChI=1S/C17H20N2O5/c1-5-24-17(22)14-15(19(3)9-13(20)23-4)11-7-6-10(2)8-12(11)18-16(14)21/h6-8H,5,9H2,1-4H3,(H,18,21). The minimum absolute atomic E-state index is 0.102. The normalized spacial score (nSPS) is 10.5. The molecule has 2 rings (SSSR count). The topological polar surface area (TPSA) is 88.7 Å². The lowest BCUT2D eigenvalue weighted by molar-refractivity contribution is -0.138. The Morgan fingerprint density at radius 2 is 2.00 bits per heavy atom. The number of likely N-dealkylation sites (N-methyl/N-ethyl adjacent to an activating group) is 1. The van der Waals surface area contributed by atoms with Gasteiger partial charge in [-0.3, -0.25) is 9.59 Å². The van der Waals surface area contributed by atoms with Crippen molar-refractivity contribution in [3.05, 3.63) is 39.7 Å². The van der Waals surface area contributed by atoms with E-state index in [1.165, 1.54) is 12.0 Å². The highest BCUT2D eigenvalue weighted by molar-refractivity contribution is 6.05. The number of nitrogens with one attached hydrogen (secondary N) is 1. The molecule has 7 nitrogen and oxygen atoms in total. The third-order valence-corrected chi connectivity index (χ3v) is 3.60. The number of hydrogen-bond acceptors (Lipinski definition) is 6. The number of nitrogens with zero attached hydrogens (tertiary/aromatic N) is 1. The van der Waals surface area contributed by atoms with Gasteiger partial charge in [0.25, 0.3) is 5.56 Å². The van der Waals surface area contributed by atoms with E-state index in [2.05, 4.69) is 9.72 Å². The Bertz CT molecular complexity index is 841. The van der Waals surface area contributed by atoms with E-state index in [4.69, 9.17) is 4.74 Å². The predicted octanol–water partition coefficient (Wildman–Crippen LogP) is 1.62. The van der Waals surface area contributed by atoms with Crippen LogP contribution in [0, 0.1) is 6.92 Å². The van der Waals surface area contributed by atoms with Crippen molar-refractivity contribution in [3.8, 4) is 0 Å². The molecule has 0 radical (unpaired) electrons. The van der Waals surface area contributed by atoms with Gasteiger partial charge in [0.05, 0.1) is 24.9 Å². The van der Waals surface area contributed by atoms with E-state index in [0.717, 1.165) is 5.56 Å². The molecule has 0 aliphatic rings. The summed E-state index contributed by atoms with van der Waals surface area (Å²) < 4.78 is 9.67. The summed E-state index contributed by atoms with van der Waals surface area (Å²) in [4.78, 5) is 40.5. The summed E-state index contributed by atoms with van der Waals surface area (Å²) in [6, 6.07) is 5.47. The van der Waals surface area contributed by atoms with E-state index in [0.29, 0.717) is 16.6 Å². The Hall–Kier alpha value is -2.83. The molecule has 0 saturated heterocycles. The second-order valence-electron chi connectivity index (χ2n) is 5.38. The number of pyridine rings is 1. The average Bonchev–Trinajstić information content (AvgIpc) is 2.53. The highest BCUT2D eigenvalue weighted by atomic mass is 16.5. The van der Waals surface area contributed by atoms with E-state index in [1.54, 1.807) is 26.1 Å². The number of fused-ring (bicyclic) bond motifs is 1. The number of carbonyl (C=O) groups is 2. The maximum atomic E-state index is 12.4. The monoisotopic (exact) mass is 332 g/mol. The molecule has 0 unspecified atom stereocenters. The van der Waals surface area contributed by atoms with Gasteiger partial charge in [-0.05, 0) is 25.5 Å². The van der Waals surface area contributed by atoms with Gasteiger partial charge in [0.15, 0.2) is 0 Å². The van der Waals surface area contributed by atoms with Gasteiger partial charge in [0, 0.05) is 12.4 Å². The van der Waals surface area contributed by atoms with Crippen molar-refractivity contribution in [1.82, 2.24) is 4.98 Å². The molecule has 0 aliphatic carbocycles. The largest absolute Gasteiger partial charge is 0.468 e. The van der Waals surface area contributed by atoms with Crippen LogP contribution < -0.4 is 10.5 Å². The number of aryl methyl sites for hydroxylation is 1. The third-order valence-electron chi connectivity index (χ3n) is 3.60. The third kappa shape index (κ3) is 3.40. The number of carbonyl (C=O) groups excluding carboxylic acids is 2. The van der Waals surface area contributed by atoms with Crippen molar-refractivity contribution in [2.45, 2.75) is 13.8 Å². The maximum Gasteiger partial charge on any atom is 0.345 e. The maximum absolute atomic E-state index is 12.4. The van der Waals surface area contributed by atoms with Crippen LogP contribution in [0.4, 0.5) is 5.69 Å². The smallest absolute Gasteiger partial charge is 0.345 e. The molecule has 1 N–H and O–H groups in total. The molecule has 0 bridgehead atoms. The van der Waals surface area contributed by atoms with Crippen molar-refractivity contribution in [2.75, 3.05) is 32.2 Å². The van der Waals surface area contributed by atoms with Gasteiger partial charge < -0.3 is 19.4 Å². The summed E-state index contributed by atoms with van der Waals surface area (Å²) in [5.74, 6) is -1.21. The van der Waals surface area contributed by atoms with Gasteiger partial charge in [-0.25, -0.2) is 4.79 Å². The Kier molecular flexibility index (Phi) is 5.23. The molecule has 1 heterocycles. The summed E-state index contributed by atoms with van der Waals surface area (Å²) in [5.41, 5.74) is 1.21. The van der Waals surface area contributed by atoms with Crippen LogP contribution in [0.25, 0.3) is 10.9 Å². The number of benzene rings is 1. The number of aromatic nitrogens is 1. The molecule has 0 saturated carbocycles. The second-order valence-corrected chi connectivity index (χ2v) is 5.38. The lowest BCUT2D eigenvalue weighted by Crippen LogP contribution is -2.31. The molecule has 0 spiro atoms. The zero-order valence-corrected chi connectivity index (χ0v) is 14.1. The molecule has 2 aromatic rings. The molecule has 24 heavy (non-hydrogen) atoms. The van der Waals surface area contributed by atoms with Gasteiger partial charge in [-0.2, -0.15) is 0 Å². The molecule has 1 aromatic carbocycles. The predicted molar refractivity (Wildman–Crippen MR) is 90.5 cm³/mol. The highest BCUT2D eigenvalue weighted by Crippen LogP contribution is 2.28. The van der Waals surface area contributed by atoms with E-state index in [9.17, 15) is 14.4 Å². The van der Waals surface area contributed by atoms with Crippen molar-refractivity contribution in [2.24, 2.45) is 0 Å². The zero-order valence-electron chi connectivity index (χ0n) is 14.1. The number of esters is 2. The number of methoxy groups -OCH3 is 1. The van der Waals surface area contributed by atoms with E-state index in [-0.39, 0.29) is 18.7 Å². The average molecular weight is 332 g/mol. The Morgan fingerprint density at radius 1 is 1.29 bits per heavy atom. The van der Waals surface area contributed by atoms with Gasteiger partial charge in [0.1, 0.15) is 12.1 Å². The van der Waals surface area contributed by atoms with Crippen LogP contribution in [0.15, 0.2) is 23.0 Å². The lowest BCUT2D eigenvalue weighted by atomic mass is 10.1. The summed E-state index contributed by atoms with van der Waals surface area (Å²) in [5, 5.41) is 0.648. The fourth-order valence-electron chi connectivity index (χ4n) is 2.52. The first-order valence-corrected chi connectivity index (χ1v) is 7.50. The number of rotatable bonds is 5. The Balaban J connectivity index is 2.74. The van der Waals surface area contributed by atoms with Crippen LogP contribution in [-0.4, -0.2) is 44.2 Å². The van der Waals surface area contributed by atoms with Crippen LogP contribution in [0.1, 0.15) is 22.8 Å². The van der Waals surface area contributed by atoms with E-state index >= 15 is 0 Å². The Labute approximate surface area is 139 Å². The molecule has 7 heteroatoms. The van der Waals surface area contributed by atoms with Gasteiger partial charge >= 0.3 is 11.9 Å². The molecule has 0 amide bonds. The number of aromatic amines is 1. The number of hydrogen-bond donors (Lipinski definition) is 1. The van der Waals surface area contributed by atoms with Crippen LogP contribution >= 0.6 is 0 Å². The molecule has 0 aliphatic heterocycles. The quantitative estimate of drug-likeness (QED) is 0.837. The fourth-order valence-corrected chi connectivity index (χ4v) is 2.52. The van der Waals surface area contributed by atoms with Crippen molar-refractivity contribution in [1.29, 1.82) is 0 Å². The zero-order chi connectivity index (χ0) is 17.9. The van der Waals surface area contributed by atoms with Crippen LogP contribution in [0.5, 0.6) is 0 Å². The number of ether oxygens (including phenoxy) is 2. The van der Waals surface area contributed by atoms with Crippen LogP contribution in [0.2, 0.25) is 0 Å². The van der Waals surface area contributed by atoms with Crippen molar-refractivity contribution in [3.63, 3.8) is 0 Å². The van der Waals surface area contributed by atoms with Crippen LogP contribution in [0.3, 0.4) is 0 Å². The fraction of sp³-hybridized carbons (Fsp3) is 0.353. The Morgan fingerprint density at radius 3 is 2.62 bits per heavy atom. The summed E-state index contributed by atoms with van der Waals surface area (Å²) in [7, 11) is 2.90. The van der Waals surface area contributed by atoms with E-state index < -0.39 is 17.5 Å². The minimum atomic E-state index is -0.729. The van der Waals surface area contributed by atoms with E-state index in [1.807, 2.05) is 13.0 Å². The molecular weight excluding hydrogens is 312 g/mol. The summed E-state index contributed by atoms with van der Waals surface area (Å²) in [6.07, 6.45) is 0. The molecule has 0 atom stereocenters. The first-order valence-electron chi connectivity index (χ1n) is 7.50. The lowest BCUT2D eigenvalue weighted by Gasteiger charge is -2.22. The molecular formula is C17H20N2O5. The molecule has 1 aromatic heterocycles.